The van der Waals surface area contributed by atoms with Crippen LogP contribution in [0.1, 0.15) is 38.4 Å². The third-order valence-electron chi connectivity index (χ3n) is 3.84. The predicted octanol–water partition coefficient (Wildman–Crippen LogP) is 4.60. The number of thioether (sulfide) groups is 1. The van der Waals surface area contributed by atoms with Crippen molar-refractivity contribution < 1.29 is 4.79 Å². The van der Waals surface area contributed by atoms with Gasteiger partial charge in [0.2, 0.25) is 5.91 Å². The molecule has 1 N–H and O–H groups in total. The van der Waals surface area contributed by atoms with Gasteiger partial charge in [0.1, 0.15) is 5.82 Å². The summed E-state index contributed by atoms with van der Waals surface area (Å²) >= 11 is 13.4. The van der Waals surface area contributed by atoms with Crippen LogP contribution < -0.4 is 5.32 Å². The van der Waals surface area contributed by atoms with Crippen molar-refractivity contribution in [3.05, 3.63) is 34.1 Å². The van der Waals surface area contributed by atoms with E-state index in [1.165, 1.54) is 24.6 Å². The van der Waals surface area contributed by atoms with E-state index in [2.05, 4.69) is 27.0 Å². The minimum Gasteiger partial charge on any atom is -0.324 e. The van der Waals surface area contributed by atoms with Crippen LogP contribution in [0, 0.1) is 0 Å². The van der Waals surface area contributed by atoms with Gasteiger partial charge in [0.25, 0.3) is 0 Å². The van der Waals surface area contributed by atoms with Gasteiger partial charge < -0.3 is 9.88 Å². The van der Waals surface area contributed by atoms with Crippen molar-refractivity contribution in [2.75, 3.05) is 5.32 Å². The number of aromatic nitrogens is 3. The fraction of sp³-hybridized carbons (Fsp3) is 0.438. The topological polar surface area (TPSA) is 59.8 Å². The zero-order valence-electron chi connectivity index (χ0n) is 13.4. The molecule has 2 aromatic rings. The lowest BCUT2D eigenvalue weighted by Gasteiger charge is -2.13. The first kappa shape index (κ1) is 17.6. The Morgan fingerprint density at radius 2 is 2.17 bits per heavy atom. The Balaban J connectivity index is 1.69. The quantitative estimate of drug-likeness (QED) is 0.739. The summed E-state index contributed by atoms with van der Waals surface area (Å²) in [6.07, 6.45) is 2.35. The van der Waals surface area contributed by atoms with E-state index >= 15 is 0 Å². The third kappa shape index (κ3) is 3.87. The number of nitrogens with zero attached hydrogens (tertiary/aromatic N) is 3. The van der Waals surface area contributed by atoms with E-state index in [9.17, 15) is 4.79 Å². The number of halogens is 2. The average molecular weight is 385 g/mol. The van der Waals surface area contributed by atoms with Crippen molar-refractivity contribution in [3.63, 3.8) is 0 Å². The lowest BCUT2D eigenvalue weighted by molar-refractivity contribution is -0.115. The molecule has 1 aromatic carbocycles. The smallest absolute Gasteiger partial charge is 0.237 e. The minimum atomic E-state index is -0.332. The lowest BCUT2D eigenvalue weighted by Crippen LogP contribution is -2.23. The molecule has 0 aliphatic heterocycles. The molecular formula is C16H18Cl2N4OS. The first-order chi connectivity index (χ1) is 11.5. The van der Waals surface area contributed by atoms with Crippen LogP contribution in [-0.2, 0) is 11.3 Å². The van der Waals surface area contributed by atoms with Crippen LogP contribution in [0.15, 0.2) is 23.4 Å². The standard InChI is InChI=1S/C16H18Cl2N4OS/c1-3-22-14(10-4-5-10)20-21-16(22)24-9(2)15(23)19-13-8-11(17)6-7-12(13)18/h6-10H,3-5H2,1-2H3,(H,19,23)/t9-/m1/s1. The maximum atomic E-state index is 12.4. The molecule has 128 valence electrons. The SMILES string of the molecule is CCn1c(S[C@H](C)C(=O)Nc2cc(Cl)ccc2Cl)nnc1C1CC1. The highest BCUT2D eigenvalue weighted by Gasteiger charge is 2.30. The number of hydrogen-bond acceptors (Lipinski definition) is 4. The van der Waals surface area contributed by atoms with Crippen molar-refractivity contribution >= 4 is 46.6 Å². The Bertz CT molecular complexity index is 761. The molecule has 1 fully saturated rings. The van der Waals surface area contributed by atoms with E-state index in [4.69, 9.17) is 23.2 Å². The number of hydrogen-bond donors (Lipinski definition) is 1. The molecule has 1 aromatic heterocycles. The maximum Gasteiger partial charge on any atom is 0.237 e. The fourth-order valence-electron chi connectivity index (χ4n) is 2.37. The number of carbonyl (C=O) groups is 1. The van der Waals surface area contributed by atoms with Crippen molar-refractivity contribution in [1.82, 2.24) is 14.8 Å². The summed E-state index contributed by atoms with van der Waals surface area (Å²) in [5, 5.41) is 12.8. The molecule has 1 aliphatic carbocycles. The second-order valence-corrected chi connectivity index (χ2v) is 7.88. The molecule has 1 amide bonds. The van der Waals surface area contributed by atoms with E-state index in [0.717, 1.165) is 17.5 Å². The van der Waals surface area contributed by atoms with E-state index in [-0.39, 0.29) is 11.2 Å². The van der Waals surface area contributed by atoms with Crippen LogP contribution in [0.3, 0.4) is 0 Å². The van der Waals surface area contributed by atoms with Gasteiger partial charge in [-0.2, -0.15) is 0 Å². The van der Waals surface area contributed by atoms with Gasteiger partial charge in [-0.05, 0) is 44.9 Å². The fourth-order valence-corrected chi connectivity index (χ4v) is 3.62. The van der Waals surface area contributed by atoms with Crippen molar-refractivity contribution in [2.45, 2.75) is 49.6 Å². The average Bonchev–Trinajstić information content (AvgIpc) is 3.32. The summed E-state index contributed by atoms with van der Waals surface area (Å²) < 4.78 is 2.10. The molecule has 1 heterocycles. The molecule has 24 heavy (non-hydrogen) atoms. The Morgan fingerprint density at radius 1 is 1.42 bits per heavy atom. The van der Waals surface area contributed by atoms with Crippen LogP contribution in [0.25, 0.3) is 0 Å². The summed E-state index contributed by atoms with van der Waals surface area (Å²) in [5.74, 6) is 1.41. The second-order valence-electron chi connectivity index (χ2n) is 5.73. The number of rotatable bonds is 6. The molecule has 0 saturated heterocycles. The van der Waals surface area contributed by atoms with Crippen LogP contribution in [-0.4, -0.2) is 25.9 Å². The molecule has 0 unspecified atom stereocenters. The highest BCUT2D eigenvalue weighted by molar-refractivity contribution is 8.00. The molecular weight excluding hydrogens is 367 g/mol. The summed E-state index contributed by atoms with van der Waals surface area (Å²) in [7, 11) is 0. The maximum absolute atomic E-state index is 12.4. The van der Waals surface area contributed by atoms with Gasteiger partial charge in [0.15, 0.2) is 5.16 Å². The first-order valence-corrected chi connectivity index (χ1v) is 9.48. The van der Waals surface area contributed by atoms with Crippen LogP contribution >= 0.6 is 35.0 Å². The molecule has 1 atom stereocenters. The van der Waals surface area contributed by atoms with Gasteiger partial charge in [0.05, 0.1) is 16.0 Å². The highest BCUT2D eigenvalue weighted by atomic mass is 35.5. The largest absolute Gasteiger partial charge is 0.324 e. The number of nitrogens with one attached hydrogen (secondary N) is 1. The van der Waals surface area contributed by atoms with Gasteiger partial charge in [-0.1, -0.05) is 35.0 Å². The monoisotopic (exact) mass is 384 g/mol. The molecule has 8 heteroatoms. The van der Waals surface area contributed by atoms with Gasteiger partial charge in [-0.15, -0.1) is 10.2 Å². The zero-order chi connectivity index (χ0) is 17.3. The minimum absolute atomic E-state index is 0.150. The van der Waals surface area contributed by atoms with Crippen LogP contribution in [0.4, 0.5) is 5.69 Å². The normalized spacial score (nSPS) is 15.3. The molecule has 1 saturated carbocycles. The van der Waals surface area contributed by atoms with Crippen molar-refractivity contribution in [1.29, 1.82) is 0 Å². The van der Waals surface area contributed by atoms with Crippen LogP contribution in [0.5, 0.6) is 0 Å². The molecule has 3 rings (SSSR count). The Kier molecular flexibility index (Phi) is 5.37. The predicted molar refractivity (Wildman–Crippen MR) is 98.1 cm³/mol. The number of carbonyl (C=O) groups excluding carboxylic acids is 1. The molecule has 5 nitrogen and oxygen atoms in total. The zero-order valence-corrected chi connectivity index (χ0v) is 15.8. The van der Waals surface area contributed by atoms with Crippen LogP contribution in [0.2, 0.25) is 10.0 Å². The van der Waals surface area contributed by atoms with E-state index in [1.807, 2.05) is 6.92 Å². The lowest BCUT2D eigenvalue weighted by atomic mass is 10.3. The Morgan fingerprint density at radius 3 is 2.83 bits per heavy atom. The van der Waals surface area contributed by atoms with Gasteiger partial charge in [-0.25, -0.2) is 0 Å². The summed E-state index contributed by atoms with van der Waals surface area (Å²) in [6.45, 7) is 4.70. The van der Waals surface area contributed by atoms with Crippen molar-refractivity contribution in [2.24, 2.45) is 0 Å². The number of anilines is 1. The van der Waals surface area contributed by atoms with E-state index < -0.39 is 0 Å². The summed E-state index contributed by atoms with van der Waals surface area (Å²) in [4.78, 5) is 12.4. The molecule has 0 spiro atoms. The summed E-state index contributed by atoms with van der Waals surface area (Å²) in [5.41, 5.74) is 0.511. The molecule has 1 aliphatic rings. The van der Waals surface area contributed by atoms with Gasteiger partial charge in [0, 0.05) is 17.5 Å². The number of amides is 1. The van der Waals surface area contributed by atoms with E-state index in [0.29, 0.717) is 21.7 Å². The number of benzene rings is 1. The Hall–Kier alpha value is -1.24. The van der Waals surface area contributed by atoms with Gasteiger partial charge in [-0.3, -0.25) is 4.79 Å². The second kappa shape index (κ2) is 7.33. The van der Waals surface area contributed by atoms with E-state index in [1.54, 1.807) is 18.2 Å². The molecule has 0 radical (unpaired) electrons. The third-order valence-corrected chi connectivity index (χ3v) is 5.49. The highest BCUT2D eigenvalue weighted by Crippen LogP contribution is 2.40. The summed E-state index contributed by atoms with van der Waals surface area (Å²) in [6, 6.07) is 4.98. The van der Waals surface area contributed by atoms with Crippen molar-refractivity contribution in [3.8, 4) is 0 Å². The Labute approximate surface area is 155 Å². The molecule has 0 bridgehead atoms. The first-order valence-electron chi connectivity index (χ1n) is 7.85. The van der Waals surface area contributed by atoms with Gasteiger partial charge >= 0.3 is 0 Å².